The molecule has 0 aliphatic rings. The Morgan fingerprint density at radius 3 is 2.43 bits per heavy atom. The van der Waals surface area contributed by atoms with E-state index in [0.29, 0.717) is 13.0 Å². The average Bonchev–Trinajstić information content (AvgIpc) is 2.89. The molecule has 0 aliphatic carbocycles. The molecule has 1 heterocycles. The van der Waals surface area contributed by atoms with Crippen LogP contribution in [-0.2, 0) is 13.0 Å². The van der Waals surface area contributed by atoms with Crippen molar-refractivity contribution in [2.75, 3.05) is 0 Å². The zero-order valence-corrected chi connectivity index (χ0v) is 13.6. The Balaban J connectivity index is 2.11. The van der Waals surface area contributed by atoms with Gasteiger partial charge in [-0.15, -0.1) is 0 Å². The van der Waals surface area contributed by atoms with E-state index in [9.17, 15) is 5.11 Å². The van der Waals surface area contributed by atoms with Gasteiger partial charge in [-0.1, -0.05) is 44.5 Å². The number of aromatic amines is 1. The van der Waals surface area contributed by atoms with E-state index in [0.717, 1.165) is 11.4 Å². The summed E-state index contributed by atoms with van der Waals surface area (Å²) in [5.74, 6) is 0. The molecule has 2 aromatic rings. The molecular formula is C16H23ClN3O+. The molecular weight excluding hydrogens is 286 g/mol. The maximum Gasteiger partial charge on any atom is 0.306 e. The van der Waals surface area contributed by atoms with E-state index in [1.54, 1.807) is 12.7 Å². The fourth-order valence-electron chi connectivity index (χ4n) is 2.32. The second-order valence-electron chi connectivity index (χ2n) is 6.56. The normalized spacial score (nSPS) is 14.9. The fraction of sp³-hybridized carbons (Fsp3) is 0.500. The zero-order valence-electron chi connectivity index (χ0n) is 12.8. The van der Waals surface area contributed by atoms with Crippen LogP contribution < -0.4 is 4.68 Å². The minimum atomic E-state index is -0.830. The lowest BCUT2D eigenvalue weighted by molar-refractivity contribution is -0.765. The number of nitrogens with one attached hydrogen (secondary N) is 1. The van der Waals surface area contributed by atoms with Gasteiger partial charge in [-0.2, -0.15) is 9.78 Å². The summed E-state index contributed by atoms with van der Waals surface area (Å²) in [6.45, 7) is 6.67. The largest absolute Gasteiger partial charge is 0.385 e. The summed E-state index contributed by atoms with van der Waals surface area (Å²) in [7, 11) is 0. The van der Waals surface area contributed by atoms with Crippen LogP contribution in [0, 0.1) is 5.41 Å². The van der Waals surface area contributed by atoms with Crippen LogP contribution in [0.15, 0.2) is 36.9 Å². The van der Waals surface area contributed by atoms with Crippen molar-refractivity contribution in [3.05, 3.63) is 47.5 Å². The van der Waals surface area contributed by atoms with Crippen LogP contribution in [0.2, 0.25) is 5.02 Å². The zero-order chi connectivity index (χ0) is 15.5. The summed E-state index contributed by atoms with van der Waals surface area (Å²) in [5, 5.41) is 14.9. The van der Waals surface area contributed by atoms with Gasteiger partial charge in [-0.05, 0) is 40.9 Å². The predicted octanol–water partition coefficient (Wildman–Crippen LogP) is 2.76. The number of benzene rings is 1. The van der Waals surface area contributed by atoms with Gasteiger partial charge in [-0.3, -0.25) is 0 Å². The fourth-order valence-corrected chi connectivity index (χ4v) is 2.44. The van der Waals surface area contributed by atoms with Gasteiger partial charge in [0.05, 0.1) is 0 Å². The molecule has 21 heavy (non-hydrogen) atoms. The third-order valence-electron chi connectivity index (χ3n) is 4.07. The van der Waals surface area contributed by atoms with Crippen LogP contribution in [0.1, 0.15) is 32.8 Å². The first kappa shape index (κ1) is 16.0. The van der Waals surface area contributed by atoms with Crippen LogP contribution in [0.25, 0.3) is 0 Å². The van der Waals surface area contributed by atoms with Gasteiger partial charge in [0.1, 0.15) is 12.1 Å². The summed E-state index contributed by atoms with van der Waals surface area (Å²) in [6.07, 6.45) is 4.78. The number of nitrogens with zero attached hydrogens (tertiary/aromatic N) is 2. The quantitative estimate of drug-likeness (QED) is 0.835. The number of aliphatic hydroxyl groups is 1. The van der Waals surface area contributed by atoms with Crippen molar-refractivity contribution in [1.82, 2.24) is 10.1 Å². The highest BCUT2D eigenvalue weighted by molar-refractivity contribution is 6.30. The second-order valence-corrected chi connectivity index (χ2v) is 7.00. The van der Waals surface area contributed by atoms with E-state index in [4.69, 9.17) is 11.6 Å². The van der Waals surface area contributed by atoms with Gasteiger partial charge in [0, 0.05) is 5.02 Å². The van der Waals surface area contributed by atoms with Crippen LogP contribution in [-0.4, -0.2) is 20.8 Å². The van der Waals surface area contributed by atoms with Crippen molar-refractivity contribution >= 4 is 11.6 Å². The lowest BCUT2D eigenvalue weighted by atomic mass is 9.73. The van der Waals surface area contributed by atoms with Crippen molar-refractivity contribution in [3.8, 4) is 0 Å². The highest BCUT2D eigenvalue weighted by Gasteiger charge is 2.42. The average molecular weight is 309 g/mol. The Labute approximate surface area is 130 Å². The highest BCUT2D eigenvalue weighted by atomic mass is 35.5. The number of hydrogen-bond donors (Lipinski definition) is 2. The number of rotatable bonds is 5. The molecule has 0 spiro atoms. The van der Waals surface area contributed by atoms with E-state index >= 15 is 0 Å². The lowest BCUT2D eigenvalue weighted by Crippen LogP contribution is -2.55. The van der Waals surface area contributed by atoms with Crippen molar-refractivity contribution in [1.29, 1.82) is 0 Å². The van der Waals surface area contributed by atoms with Crippen molar-refractivity contribution < 1.29 is 9.79 Å². The third kappa shape index (κ3) is 4.05. The Hall–Kier alpha value is -1.39. The molecule has 4 nitrogen and oxygen atoms in total. The minimum absolute atomic E-state index is 0.239. The van der Waals surface area contributed by atoms with Crippen LogP contribution in [0.4, 0.5) is 0 Å². The number of aryl methyl sites for hydroxylation is 1. The Morgan fingerprint density at radius 2 is 1.90 bits per heavy atom. The molecule has 0 aliphatic heterocycles. The molecule has 0 saturated heterocycles. The van der Waals surface area contributed by atoms with Gasteiger partial charge in [-0.25, -0.2) is 0 Å². The van der Waals surface area contributed by atoms with Crippen LogP contribution >= 0.6 is 11.6 Å². The molecule has 0 radical (unpaired) electrons. The van der Waals surface area contributed by atoms with Gasteiger partial charge < -0.3 is 5.11 Å². The molecule has 0 bridgehead atoms. The molecule has 1 aromatic carbocycles. The number of aromatic nitrogens is 3. The SMILES string of the molecule is CC(C)(C)[C@](O)(CCc1ccc(Cl)cc1)C[n+]1cnc[nH]1. The number of H-pyrrole nitrogens is 1. The van der Waals surface area contributed by atoms with E-state index in [1.807, 2.05) is 28.9 Å². The number of halogens is 1. The van der Waals surface area contributed by atoms with Gasteiger partial charge in [0.15, 0.2) is 0 Å². The van der Waals surface area contributed by atoms with Crippen LogP contribution in [0.3, 0.4) is 0 Å². The lowest BCUT2D eigenvalue weighted by Gasteiger charge is -2.38. The Bertz CT molecular complexity index is 560. The highest BCUT2D eigenvalue weighted by Crippen LogP contribution is 2.34. The van der Waals surface area contributed by atoms with Crippen molar-refractivity contribution in [2.24, 2.45) is 5.41 Å². The monoisotopic (exact) mass is 308 g/mol. The summed E-state index contributed by atoms with van der Waals surface area (Å²) in [5.41, 5.74) is 0.109. The summed E-state index contributed by atoms with van der Waals surface area (Å²) in [4.78, 5) is 4.00. The van der Waals surface area contributed by atoms with Gasteiger partial charge in [0.25, 0.3) is 0 Å². The first-order valence-corrected chi connectivity index (χ1v) is 7.53. The molecule has 0 fully saturated rings. The maximum atomic E-state index is 11.1. The van der Waals surface area contributed by atoms with Gasteiger partial charge in [0.2, 0.25) is 6.33 Å². The van der Waals surface area contributed by atoms with Gasteiger partial charge >= 0.3 is 6.33 Å². The van der Waals surface area contributed by atoms with E-state index in [1.165, 1.54) is 5.56 Å². The molecule has 0 saturated carbocycles. The molecule has 1 atom stereocenters. The molecule has 2 N–H and O–H groups in total. The van der Waals surface area contributed by atoms with Crippen molar-refractivity contribution in [2.45, 2.75) is 45.8 Å². The molecule has 114 valence electrons. The molecule has 2 rings (SSSR count). The second kappa shape index (κ2) is 6.16. The first-order valence-electron chi connectivity index (χ1n) is 7.15. The number of hydrogen-bond acceptors (Lipinski definition) is 2. The van der Waals surface area contributed by atoms with E-state index in [-0.39, 0.29) is 5.41 Å². The van der Waals surface area contributed by atoms with E-state index in [2.05, 4.69) is 30.9 Å². The first-order chi connectivity index (χ1) is 9.80. The maximum absolute atomic E-state index is 11.1. The molecule has 0 unspecified atom stereocenters. The molecule has 1 aromatic heterocycles. The minimum Gasteiger partial charge on any atom is -0.385 e. The Morgan fingerprint density at radius 1 is 1.24 bits per heavy atom. The third-order valence-corrected chi connectivity index (χ3v) is 4.32. The summed E-state index contributed by atoms with van der Waals surface area (Å²) < 4.78 is 1.81. The van der Waals surface area contributed by atoms with E-state index < -0.39 is 5.60 Å². The predicted molar refractivity (Wildman–Crippen MR) is 83.0 cm³/mol. The molecule has 0 amide bonds. The van der Waals surface area contributed by atoms with Crippen molar-refractivity contribution in [3.63, 3.8) is 0 Å². The smallest absolute Gasteiger partial charge is 0.306 e. The van der Waals surface area contributed by atoms with Crippen LogP contribution in [0.5, 0.6) is 0 Å². The molecule has 5 heteroatoms. The summed E-state index contributed by atoms with van der Waals surface area (Å²) >= 11 is 5.91. The Kier molecular flexibility index (Phi) is 4.69. The summed E-state index contributed by atoms with van der Waals surface area (Å²) in [6, 6.07) is 7.79. The standard InChI is InChI=1S/C16H22ClN3O/c1-15(2,3)16(21,10-20-12-18-11-19-20)9-8-13-4-6-14(17)7-5-13/h4-7,11-12,21H,8-10H2,1-3H3/p+1/t16-/m0/s1. The topological polar surface area (TPSA) is 52.8 Å².